The van der Waals surface area contributed by atoms with Gasteiger partial charge in [0.15, 0.2) is 6.10 Å². The molecule has 0 aromatic heterocycles. The number of ether oxygens (including phenoxy) is 3. The van der Waals surface area contributed by atoms with Gasteiger partial charge in [0.05, 0.1) is 0 Å². The van der Waals surface area contributed by atoms with E-state index in [0.717, 1.165) is 103 Å². The predicted octanol–water partition coefficient (Wildman–Crippen LogP) is 17.9. The number of allylic oxidation sites excluding steroid dienone is 18. The molecule has 0 saturated heterocycles. The Hall–Kier alpha value is -3.93. The number of carbonyl (C=O) groups excluding carboxylic acids is 3. The standard InChI is InChI=1S/C60H98O6/c1-4-7-10-13-16-19-21-23-25-27-29-30-32-33-35-37-39-41-44-47-50-53-59(62)65-56-57(55-64-58(61)52-49-46-43-18-15-12-9-6-3)66-60(63)54-51-48-45-42-40-38-36-34-31-28-26-24-22-20-17-14-11-8-5-2/h8,11,17,20-21,23-24,26-27,29,31-34,38,40,45,48,57H,4-7,9-10,12-16,18-19,22,25,28,30,35-37,39,41-44,46-47,49-56H2,1-3H3/b11-8-,20-17-,23-21-,26-24-,29-27-,33-32-,34-31-,40-38-,48-45-. The number of hydrogen-bond acceptors (Lipinski definition) is 6. The summed E-state index contributed by atoms with van der Waals surface area (Å²) in [4.78, 5) is 37.9. The molecule has 0 aliphatic rings. The van der Waals surface area contributed by atoms with Crippen LogP contribution in [-0.2, 0) is 28.6 Å². The fourth-order valence-electron chi connectivity index (χ4n) is 7.00. The van der Waals surface area contributed by atoms with Crippen LogP contribution in [0.5, 0.6) is 0 Å². The van der Waals surface area contributed by atoms with Gasteiger partial charge in [0.1, 0.15) is 13.2 Å². The lowest BCUT2D eigenvalue weighted by molar-refractivity contribution is -0.166. The summed E-state index contributed by atoms with van der Waals surface area (Å²) < 4.78 is 16.7. The number of esters is 3. The van der Waals surface area contributed by atoms with E-state index in [4.69, 9.17) is 14.2 Å². The van der Waals surface area contributed by atoms with Crippen LogP contribution in [-0.4, -0.2) is 37.2 Å². The quantitative estimate of drug-likeness (QED) is 0.0262. The molecule has 0 rings (SSSR count). The Labute approximate surface area is 406 Å². The highest BCUT2D eigenvalue weighted by molar-refractivity contribution is 5.71. The molecular formula is C60H98O6. The van der Waals surface area contributed by atoms with Gasteiger partial charge in [-0.1, -0.05) is 226 Å². The van der Waals surface area contributed by atoms with Gasteiger partial charge < -0.3 is 14.2 Å². The summed E-state index contributed by atoms with van der Waals surface area (Å²) in [6.07, 6.45) is 72.4. The maximum atomic E-state index is 12.8. The van der Waals surface area contributed by atoms with Gasteiger partial charge in [-0.15, -0.1) is 0 Å². The molecule has 6 nitrogen and oxygen atoms in total. The van der Waals surface area contributed by atoms with Gasteiger partial charge in [-0.3, -0.25) is 14.4 Å². The van der Waals surface area contributed by atoms with Gasteiger partial charge >= 0.3 is 17.9 Å². The maximum Gasteiger partial charge on any atom is 0.306 e. The van der Waals surface area contributed by atoms with E-state index in [1.54, 1.807) is 0 Å². The number of unbranched alkanes of at least 4 members (excludes halogenated alkanes) is 18. The molecule has 6 heteroatoms. The lowest BCUT2D eigenvalue weighted by Gasteiger charge is -2.18. The van der Waals surface area contributed by atoms with Crippen LogP contribution in [0, 0.1) is 0 Å². The van der Waals surface area contributed by atoms with E-state index in [1.807, 2.05) is 12.2 Å². The molecule has 0 bridgehead atoms. The minimum atomic E-state index is -0.823. The summed E-state index contributed by atoms with van der Waals surface area (Å²) in [5.74, 6) is -1.02. The Kier molecular flexibility index (Phi) is 50.5. The molecule has 0 heterocycles. The molecule has 0 aromatic rings. The van der Waals surface area contributed by atoms with Crippen LogP contribution in [0.15, 0.2) is 109 Å². The van der Waals surface area contributed by atoms with Crippen LogP contribution in [0.3, 0.4) is 0 Å². The molecule has 0 N–H and O–H groups in total. The topological polar surface area (TPSA) is 78.9 Å². The summed E-state index contributed by atoms with van der Waals surface area (Å²) in [5, 5.41) is 0. The first-order valence-electron chi connectivity index (χ1n) is 26.9. The second kappa shape index (κ2) is 53.7. The minimum absolute atomic E-state index is 0.113. The lowest BCUT2D eigenvalue weighted by atomic mass is 10.1. The lowest BCUT2D eigenvalue weighted by Crippen LogP contribution is -2.30. The summed E-state index contributed by atoms with van der Waals surface area (Å²) in [6, 6.07) is 0. The average Bonchev–Trinajstić information content (AvgIpc) is 3.31. The zero-order valence-corrected chi connectivity index (χ0v) is 42.7. The molecule has 66 heavy (non-hydrogen) atoms. The Morgan fingerprint density at radius 2 is 0.621 bits per heavy atom. The SMILES string of the molecule is CC/C=C\C/C=C\C/C=C\C/C=C\C/C=C\C/C=C\CCC(=O)OC(COC(=O)CCCCCCCC/C=C\C/C=C\C/C=C\CCCCCCC)COC(=O)CCCCCCCCCC. The molecule has 1 atom stereocenters. The predicted molar refractivity (Wildman–Crippen MR) is 283 cm³/mol. The van der Waals surface area contributed by atoms with Gasteiger partial charge in [0, 0.05) is 19.3 Å². The Balaban J connectivity index is 4.43. The molecule has 0 aromatic carbocycles. The third-order valence-electron chi connectivity index (χ3n) is 11.0. The first-order chi connectivity index (χ1) is 32.5. The van der Waals surface area contributed by atoms with Gasteiger partial charge in [-0.2, -0.15) is 0 Å². The molecule has 0 aliphatic heterocycles. The van der Waals surface area contributed by atoms with Gasteiger partial charge in [0.25, 0.3) is 0 Å². The van der Waals surface area contributed by atoms with Crippen molar-refractivity contribution in [2.24, 2.45) is 0 Å². The fourth-order valence-corrected chi connectivity index (χ4v) is 7.00. The van der Waals surface area contributed by atoms with E-state index in [-0.39, 0.29) is 31.6 Å². The van der Waals surface area contributed by atoms with Crippen molar-refractivity contribution in [2.45, 2.75) is 239 Å². The highest BCUT2D eigenvalue weighted by Gasteiger charge is 2.19. The van der Waals surface area contributed by atoms with Crippen LogP contribution < -0.4 is 0 Å². The third-order valence-corrected chi connectivity index (χ3v) is 11.0. The molecule has 1 unspecified atom stereocenters. The molecule has 0 radical (unpaired) electrons. The van der Waals surface area contributed by atoms with E-state index in [0.29, 0.717) is 19.3 Å². The summed E-state index contributed by atoms with van der Waals surface area (Å²) >= 11 is 0. The van der Waals surface area contributed by atoms with Crippen molar-refractivity contribution in [3.63, 3.8) is 0 Å². The zero-order valence-electron chi connectivity index (χ0n) is 42.7. The van der Waals surface area contributed by atoms with Gasteiger partial charge in [-0.05, 0) is 96.3 Å². The minimum Gasteiger partial charge on any atom is -0.462 e. The molecule has 0 saturated carbocycles. The van der Waals surface area contributed by atoms with E-state index in [1.165, 1.54) is 83.5 Å². The third kappa shape index (κ3) is 51.1. The Bertz CT molecular complexity index is 1370. The first kappa shape index (κ1) is 62.1. The van der Waals surface area contributed by atoms with Crippen molar-refractivity contribution in [3.05, 3.63) is 109 Å². The Morgan fingerprint density at radius 3 is 0.985 bits per heavy atom. The first-order valence-corrected chi connectivity index (χ1v) is 26.9. The second-order valence-corrected chi connectivity index (χ2v) is 17.4. The van der Waals surface area contributed by atoms with E-state index >= 15 is 0 Å². The van der Waals surface area contributed by atoms with Crippen molar-refractivity contribution in [3.8, 4) is 0 Å². The average molecular weight is 915 g/mol. The van der Waals surface area contributed by atoms with Crippen molar-refractivity contribution >= 4 is 17.9 Å². The highest BCUT2D eigenvalue weighted by Crippen LogP contribution is 2.13. The number of carbonyl (C=O) groups is 3. The van der Waals surface area contributed by atoms with E-state index < -0.39 is 12.1 Å². The van der Waals surface area contributed by atoms with Gasteiger partial charge in [-0.25, -0.2) is 0 Å². The molecular weight excluding hydrogens is 817 g/mol. The smallest absolute Gasteiger partial charge is 0.306 e. The van der Waals surface area contributed by atoms with Crippen LogP contribution in [0.25, 0.3) is 0 Å². The Morgan fingerprint density at radius 1 is 0.318 bits per heavy atom. The maximum absolute atomic E-state index is 12.8. The molecule has 0 spiro atoms. The van der Waals surface area contributed by atoms with E-state index in [9.17, 15) is 14.4 Å². The molecule has 0 fully saturated rings. The fraction of sp³-hybridized carbons (Fsp3) is 0.650. The second-order valence-electron chi connectivity index (χ2n) is 17.4. The molecule has 0 amide bonds. The van der Waals surface area contributed by atoms with Crippen molar-refractivity contribution in [2.75, 3.05) is 13.2 Å². The van der Waals surface area contributed by atoms with Crippen LogP contribution in [0.4, 0.5) is 0 Å². The highest BCUT2D eigenvalue weighted by atomic mass is 16.6. The summed E-state index contributed by atoms with van der Waals surface area (Å²) in [7, 11) is 0. The monoisotopic (exact) mass is 915 g/mol. The zero-order chi connectivity index (χ0) is 47.9. The van der Waals surface area contributed by atoms with Crippen LogP contribution in [0.1, 0.15) is 233 Å². The van der Waals surface area contributed by atoms with Gasteiger partial charge in [0.2, 0.25) is 0 Å². The largest absolute Gasteiger partial charge is 0.462 e. The summed E-state index contributed by atoms with van der Waals surface area (Å²) in [5.41, 5.74) is 0. The van der Waals surface area contributed by atoms with Crippen molar-refractivity contribution < 1.29 is 28.6 Å². The van der Waals surface area contributed by atoms with Crippen molar-refractivity contribution in [1.29, 1.82) is 0 Å². The summed E-state index contributed by atoms with van der Waals surface area (Å²) in [6.45, 7) is 6.40. The molecule has 374 valence electrons. The normalized spacial score (nSPS) is 13.0. The van der Waals surface area contributed by atoms with E-state index in [2.05, 4.69) is 118 Å². The van der Waals surface area contributed by atoms with Crippen LogP contribution >= 0.6 is 0 Å². The van der Waals surface area contributed by atoms with Crippen molar-refractivity contribution in [1.82, 2.24) is 0 Å². The number of hydrogen-bond donors (Lipinski definition) is 0. The molecule has 0 aliphatic carbocycles. The number of rotatable bonds is 47. The van der Waals surface area contributed by atoms with Crippen LogP contribution in [0.2, 0.25) is 0 Å².